The molecule has 4 rings (SSSR count). The standard InChI is InChI=1S/C25H24FN3O3/c26-19-12-10-18(11-13-19)23(30)27-14-15-28-24(31)22-9-4-16-29(22)25(32)21-8-3-6-17-5-1-2-7-20(17)21/h1-3,5-8,10-13,22H,4,9,14-16H2,(H,27,30)(H,28,31)/t22-/m0/s1. The molecule has 1 saturated heterocycles. The van der Waals surface area contributed by atoms with E-state index in [4.69, 9.17) is 0 Å². The molecule has 7 heteroatoms. The molecule has 0 unspecified atom stereocenters. The van der Waals surface area contributed by atoms with E-state index in [1.807, 2.05) is 36.4 Å². The van der Waals surface area contributed by atoms with Crippen LogP contribution in [-0.4, -0.2) is 48.3 Å². The van der Waals surface area contributed by atoms with Crippen LogP contribution < -0.4 is 10.6 Å². The quantitative estimate of drug-likeness (QED) is 0.587. The van der Waals surface area contributed by atoms with Crippen LogP contribution >= 0.6 is 0 Å². The number of nitrogens with zero attached hydrogens (tertiary/aromatic N) is 1. The Bertz CT molecular complexity index is 1140. The lowest BCUT2D eigenvalue weighted by atomic mass is 10.0. The minimum Gasteiger partial charge on any atom is -0.353 e. The lowest BCUT2D eigenvalue weighted by Gasteiger charge is -2.24. The van der Waals surface area contributed by atoms with Crippen molar-refractivity contribution >= 4 is 28.5 Å². The molecule has 1 aliphatic heterocycles. The van der Waals surface area contributed by atoms with Crippen molar-refractivity contribution in [3.05, 3.63) is 83.7 Å². The van der Waals surface area contributed by atoms with Gasteiger partial charge in [0.1, 0.15) is 11.9 Å². The second-order valence-electron chi connectivity index (χ2n) is 7.74. The summed E-state index contributed by atoms with van der Waals surface area (Å²) in [7, 11) is 0. The fourth-order valence-electron chi connectivity index (χ4n) is 4.03. The van der Waals surface area contributed by atoms with E-state index in [-0.39, 0.29) is 30.8 Å². The highest BCUT2D eigenvalue weighted by Crippen LogP contribution is 2.25. The fraction of sp³-hybridized carbons (Fsp3) is 0.240. The number of rotatable bonds is 6. The number of fused-ring (bicyclic) bond motifs is 1. The maximum absolute atomic E-state index is 13.2. The van der Waals surface area contributed by atoms with Crippen molar-refractivity contribution in [2.45, 2.75) is 18.9 Å². The van der Waals surface area contributed by atoms with Gasteiger partial charge in [0.15, 0.2) is 0 Å². The van der Waals surface area contributed by atoms with Crippen molar-refractivity contribution in [3.8, 4) is 0 Å². The zero-order valence-corrected chi connectivity index (χ0v) is 17.5. The highest BCUT2D eigenvalue weighted by Gasteiger charge is 2.34. The van der Waals surface area contributed by atoms with Gasteiger partial charge in [-0.15, -0.1) is 0 Å². The van der Waals surface area contributed by atoms with Crippen molar-refractivity contribution in [2.75, 3.05) is 19.6 Å². The highest BCUT2D eigenvalue weighted by atomic mass is 19.1. The molecule has 0 aliphatic carbocycles. The largest absolute Gasteiger partial charge is 0.353 e. The molecular weight excluding hydrogens is 409 g/mol. The van der Waals surface area contributed by atoms with Crippen LogP contribution in [0.25, 0.3) is 10.8 Å². The monoisotopic (exact) mass is 433 g/mol. The number of hydrogen-bond donors (Lipinski definition) is 2. The van der Waals surface area contributed by atoms with Crippen molar-refractivity contribution < 1.29 is 18.8 Å². The fourth-order valence-corrected chi connectivity index (χ4v) is 4.03. The lowest BCUT2D eigenvalue weighted by Crippen LogP contribution is -2.47. The molecule has 1 aliphatic rings. The molecule has 6 nitrogen and oxygen atoms in total. The molecule has 2 N–H and O–H groups in total. The Kier molecular flexibility index (Phi) is 6.44. The van der Waals surface area contributed by atoms with Crippen LogP contribution in [0.4, 0.5) is 4.39 Å². The number of benzene rings is 3. The maximum atomic E-state index is 13.2. The summed E-state index contributed by atoms with van der Waals surface area (Å²) in [6, 6.07) is 18.0. The summed E-state index contributed by atoms with van der Waals surface area (Å²) in [6.07, 6.45) is 1.36. The first-order valence-electron chi connectivity index (χ1n) is 10.6. The number of nitrogens with one attached hydrogen (secondary N) is 2. The van der Waals surface area contributed by atoms with Gasteiger partial charge in [-0.3, -0.25) is 14.4 Å². The zero-order chi connectivity index (χ0) is 22.5. The van der Waals surface area contributed by atoms with Crippen molar-refractivity contribution in [1.29, 1.82) is 0 Å². The van der Waals surface area contributed by atoms with E-state index >= 15 is 0 Å². The normalized spacial score (nSPS) is 15.5. The average molecular weight is 433 g/mol. The van der Waals surface area contributed by atoms with E-state index in [1.54, 1.807) is 11.0 Å². The number of hydrogen-bond acceptors (Lipinski definition) is 3. The summed E-state index contributed by atoms with van der Waals surface area (Å²) in [5.41, 5.74) is 0.940. The molecule has 32 heavy (non-hydrogen) atoms. The van der Waals surface area contributed by atoms with Gasteiger partial charge in [0, 0.05) is 30.8 Å². The molecule has 0 radical (unpaired) electrons. The van der Waals surface area contributed by atoms with Crippen molar-refractivity contribution in [3.63, 3.8) is 0 Å². The number of carbonyl (C=O) groups is 3. The van der Waals surface area contributed by atoms with Crippen LogP contribution in [0.5, 0.6) is 0 Å². The van der Waals surface area contributed by atoms with Crippen LogP contribution in [0.2, 0.25) is 0 Å². The Morgan fingerprint density at radius 1 is 0.906 bits per heavy atom. The Labute approximate surface area is 185 Å². The summed E-state index contributed by atoms with van der Waals surface area (Å²) in [5.74, 6) is -1.13. The van der Waals surface area contributed by atoms with E-state index in [9.17, 15) is 18.8 Å². The van der Waals surface area contributed by atoms with Gasteiger partial charge in [-0.25, -0.2) is 4.39 Å². The molecule has 1 heterocycles. The summed E-state index contributed by atoms with van der Waals surface area (Å²) in [4.78, 5) is 39.7. The maximum Gasteiger partial charge on any atom is 0.255 e. The molecule has 3 aromatic rings. The van der Waals surface area contributed by atoms with Gasteiger partial charge in [0.25, 0.3) is 11.8 Å². The third kappa shape index (κ3) is 4.61. The van der Waals surface area contributed by atoms with Crippen molar-refractivity contribution in [2.24, 2.45) is 0 Å². The molecule has 3 aromatic carbocycles. The molecule has 164 valence electrons. The second kappa shape index (κ2) is 9.60. The average Bonchev–Trinajstić information content (AvgIpc) is 3.31. The molecule has 0 saturated carbocycles. The minimum atomic E-state index is -0.533. The molecule has 1 fully saturated rings. The molecule has 3 amide bonds. The van der Waals surface area contributed by atoms with Crippen LogP contribution in [0, 0.1) is 5.82 Å². The van der Waals surface area contributed by atoms with E-state index in [0.29, 0.717) is 24.1 Å². The van der Waals surface area contributed by atoms with Crippen LogP contribution in [0.1, 0.15) is 33.6 Å². The SMILES string of the molecule is O=C(NCCNC(=O)[C@@H]1CCCN1C(=O)c1cccc2ccccc12)c1ccc(F)cc1. The van der Waals surface area contributed by atoms with Gasteiger partial charge >= 0.3 is 0 Å². The predicted molar refractivity (Wildman–Crippen MR) is 120 cm³/mol. The Hall–Kier alpha value is -3.74. The molecule has 0 spiro atoms. The van der Waals surface area contributed by atoms with Crippen molar-refractivity contribution in [1.82, 2.24) is 15.5 Å². The van der Waals surface area contributed by atoms with Crippen LogP contribution in [0.3, 0.4) is 0 Å². The topological polar surface area (TPSA) is 78.5 Å². The number of carbonyl (C=O) groups excluding carboxylic acids is 3. The Balaban J connectivity index is 1.34. The van der Waals surface area contributed by atoms with Gasteiger partial charge in [0.2, 0.25) is 5.91 Å². The van der Waals surface area contributed by atoms with Gasteiger partial charge in [-0.1, -0.05) is 36.4 Å². The second-order valence-corrected chi connectivity index (χ2v) is 7.74. The minimum absolute atomic E-state index is 0.149. The Morgan fingerprint density at radius 3 is 2.44 bits per heavy atom. The molecule has 0 aromatic heterocycles. The summed E-state index contributed by atoms with van der Waals surface area (Å²) < 4.78 is 13.0. The highest BCUT2D eigenvalue weighted by molar-refractivity contribution is 6.08. The van der Waals surface area contributed by atoms with Gasteiger partial charge in [-0.2, -0.15) is 0 Å². The first kappa shape index (κ1) is 21.5. The number of halogens is 1. The molecule has 1 atom stereocenters. The van der Waals surface area contributed by atoms with E-state index in [0.717, 1.165) is 17.2 Å². The van der Waals surface area contributed by atoms with Gasteiger partial charge in [-0.05, 0) is 53.9 Å². The first-order chi connectivity index (χ1) is 15.5. The van der Waals surface area contributed by atoms with Gasteiger partial charge in [0.05, 0.1) is 0 Å². The van der Waals surface area contributed by atoms with Crippen LogP contribution in [0.15, 0.2) is 66.7 Å². The smallest absolute Gasteiger partial charge is 0.255 e. The first-order valence-corrected chi connectivity index (χ1v) is 10.6. The Morgan fingerprint density at radius 2 is 1.62 bits per heavy atom. The zero-order valence-electron chi connectivity index (χ0n) is 17.5. The number of amides is 3. The van der Waals surface area contributed by atoms with Gasteiger partial charge < -0.3 is 15.5 Å². The summed E-state index contributed by atoms with van der Waals surface area (Å²) >= 11 is 0. The third-order valence-corrected chi connectivity index (χ3v) is 5.65. The molecular formula is C25H24FN3O3. The summed E-state index contributed by atoms with van der Waals surface area (Å²) in [6.45, 7) is 0.992. The van der Waals surface area contributed by atoms with E-state index in [2.05, 4.69) is 10.6 Å². The number of likely N-dealkylation sites (tertiary alicyclic amines) is 1. The molecule has 0 bridgehead atoms. The van der Waals surface area contributed by atoms with Crippen LogP contribution in [-0.2, 0) is 4.79 Å². The van der Waals surface area contributed by atoms with E-state index in [1.165, 1.54) is 24.3 Å². The third-order valence-electron chi connectivity index (χ3n) is 5.65. The summed E-state index contributed by atoms with van der Waals surface area (Å²) in [5, 5.41) is 7.35. The lowest BCUT2D eigenvalue weighted by molar-refractivity contribution is -0.124. The van der Waals surface area contributed by atoms with E-state index < -0.39 is 11.9 Å². The predicted octanol–water partition coefficient (Wildman–Crippen LogP) is 3.13.